The molecule has 2 N–H and O–H groups in total. The Kier molecular flexibility index (Phi) is 9.82. The number of amides is 1. The highest BCUT2D eigenvalue weighted by atomic mass is 16.4. The van der Waals surface area contributed by atoms with E-state index in [9.17, 15) is 14.7 Å². The van der Waals surface area contributed by atoms with Crippen LogP contribution in [-0.2, 0) is 9.59 Å². The van der Waals surface area contributed by atoms with Crippen LogP contribution in [0.3, 0.4) is 0 Å². The molecule has 4 rings (SSSR count). The normalized spacial score (nSPS) is 11.1. The lowest BCUT2D eigenvalue weighted by Crippen LogP contribution is -2.42. The Hall–Kier alpha value is -4.22. The summed E-state index contributed by atoms with van der Waals surface area (Å²) in [4.78, 5) is 26.4. The van der Waals surface area contributed by atoms with Crippen LogP contribution in [0, 0.1) is 0 Å². The molecule has 0 unspecified atom stereocenters. The maximum atomic E-state index is 13.0. The number of nitrogens with one attached hydrogen (secondary N) is 1. The predicted molar refractivity (Wildman–Crippen MR) is 151 cm³/mol. The fraction of sp³-hybridized carbons (Fsp3) is 0.212. The largest absolute Gasteiger partial charge is 0.480 e. The molecular weight excluding hydrogens is 472 g/mol. The highest BCUT2D eigenvalue weighted by Crippen LogP contribution is 2.28. The number of nitrogens with zero attached hydrogens (tertiary/aromatic N) is 1. The molecule has 0 heterocycles. The quantitative estimate of drug-likeness (QED) is 0.250. The standard InChI is InChI=1S/C33H34N2O3/c36-32(34-22-21-30(26-13-5-1-6-14-26)27-15-7-2-8-16-27)24-35(25-33(37)38)23-31(28-17-9-3-10-18-28)29-19-11-4-12-20-29/h1-20,30-31H,21-25H2,(H,34,36)(H,37,38). The number of rotatable bonds is 13. The van der Waals surface area contributed by atoms with Crippen molar-refractivity contribution in [1.29, 1.82) is 0 Å². The van der Waals surface area contributed by atoms with Crippen molar-refractivity contribution in [1.82, 2.24) is 10.2 Å². The van der Waals surface area contributed by atoms with Crippen LogP contribution in [0.1, 0.15) is 40.5 Å². The molecule has 1 amide bonds. The second-order valence-electron chi connectivity index (χ2n) is 9.45. The van der Waals surface area contributed by atoms with Gasteiger partial charge in [0, 0.05) is 24.9 Å². The summed E-state index contributed by atoms with van der Waals surface area (Å²) < 4.78 is 0. The van der Waals surface area contributed by atoms with Gasteiger partial charge in [0.05, 0.1) is 13.1 Å². The molecule has 0 atom stereocenters. The van der Waals surface area contributed by atoms with Crippen LogP contribution in [0.15, 0.2) is 121 Å². The van der Waals surface area contributed by atoms with Crippen LogP contribution in [0.5, 0.6) is 0 Å². The lowest BCUT2D eigenvalue weighted by atomic mass is 9.88. The first kappa shape index (κ1) is 26.8. The van der Waals surface area contributed by atoms with Crippen molar-refractivity contribution in [3.8, 4) is 0 Å². The molecule has 194 valence electrons. The van der Waals surface area contributed by atoms with Gasteiger partial charge in [-0.2, -0.15) is 0 Å². The van der Waals surface area contributed by atoms with E-state index in [1.54, 1.807) is 4.90 Å². The van der Waals surface area contributed by atoms with E-state index in [4.69, 9.17) is 0 Å². The van der Waals surface area contributed by atoms with Crippen LogP contribution in [-0.4, -0.2) is 48.1 Å². The Morgan fingerprint density at radius 2 is 1.00 bits per heavy atom. The fourth-order valence-corrected chi connectivity index (χ4v) is 4.92. The van der Waals surface area contributed by atoms with Gasteiger partial charge < -0.3 is 10.4 Å². The number of hydrogen-bond donors (Lipinski definition) is 2. The van der Waals surface area contributed by atoms with Gasteiger partial charge >= 0.3 is 5.97 Å². The highest BCUT2D eigenvalue weighted by molar-refractivity contribution is 5.79. The number of carboxylic acids is 1. The lowest BCUT2D eigenvalue weighted by molar-refractivity contribution is -0.138. The average Bonchev–Trinajstić information content (AvgIpc) is 2.95. The van der Waals surface area contributed by atoms with Crippen LogP contribution in [0.25, 0.3) is 0 Å². The average molecular weight is 507 g/mol. The maximum Gasteiger partial charge on any atom is 0.317 e. The second kappa shape index (κ2) is 13.9. The number of carboxylic acid groups (broad SMARTS) is 1. The van der Waals surface area contributed by atoms with Gasteiger partial charge in [0.2, 0.25) is 5.91 Å². The molecule has 38 heavy (non-hydrogen) atoms. The zero-order valence-corrected chi connectivity index (χ0v) is 21.4. The van der Waals surface area contributed by atoms with E-state index in [1.165, 1.54) is 11.1 Å². The van der Waals surface area contributed by atoms with Crippen molar-refractivity contribution in [3.05, 3.63) is 144 Å². The third-order valence-electron chi connectivity index (χ3n) is 6.73. The minimum absolute atomic E-state index is 0.0177. The summed E-state index contributed by atoms with van der Waals surface area (Å²) in [5.41, 5.74) is 4.58. The molecule has 0 saturated carbocycles. The van der Waals surface area contributed by atoms with Crippen LogP contribution < -0.4 is 5.32 Å². The fourth-order valence-electron chi connectivity index (χ4n) is 4.92. The van der Waals surface area contributed by atoms with Gasteiger partial charge in [-0.3, -0.25) is 14.5 Å². The molecule has 0 spiro atoms. The van der Waals surface area contributed by atoms with Crippen molar-refractivity contribution in [3.63, 3.8) is 0 Å². The summed E-state index contributed by atoms with van der Waals surface area (Å²) in [6, 6.07) is 40.6. The van der Waals surface area contributed by atoms with Gasteiger partial charge in [-0.05, 0) is 28.7 Å². The Labute approximate surface area is 224 Å². The third-order valence-corrected chi connectivity index (χ3v) is 6.73. The molecule has 0 aliphatic heterocycles. The molecule has 0 aromatic heterocycles. The van der Waals surface area contributed by atoms with E-state index in [-0.39, 0.29) is 30.8 Å². The smallest absolute Gasteiger partial charge is 0.317 e. The van der Waals surface area contributed by atoms with Gasteiger partial charge in [-0.15, -0.1) is 0 Å². The number of aliphatic carboxylic acids is 1. The van der Waals surface area contributed by atoms with Gasteiger partial charge in [-0.1, -0.05) is 121 Å². The van der Waals surface area contributed by atoms with Gasteiger partial charge in [0.25, 0.3) is 0 Å². The molecule has 0 radical (unpaired) electrons. The van der Waals surface area contributed by atoms with Crippen LogP contribution in [0.4, 0.5) is 0 Å². The van der Waals surface area contributed by atoms with Crippen LogP contribution in [0.2, 0.25) is 0 Å². The molecule has 0 aliphatic rings. The summed E-state index contributed by atoms with van der Waals surface area (Å²) in [5, 5.41) is 12.6. The van der Waals surface area contributed by atoms with E-state index >= 15 is 0 Å². The summed E-state index contributed by atoms with van der Waals surface area (Å²) in [7, 11) is 0. The van der Waals surface area contributed by atoms with Gasteiger partial charge in [0.15, 0.2) is 0 Å². The summed E-state index contributed by atoms with van der Waals surface area (Å²) in [5.74, 6) is -1.02. The second-order valence-corrected chi connectivity index (χ2v) is 9.45. The molecule has 0 fully saturated rings. The Morgan fingerprint density at radius 1 is 0.605 bits per heavy atom. The Bertz CT molecular complexity index is 1190. The van der Waals surface area contributed by atoms with E-state index in [1.807, 2.05) is 97.1 Å². The minimum atomic E-state index is -0.953. The lowest BCUT2D eigenvalue weighted by Gasteiger charge is -2.27. The van der Waals surface area contributed by atoms with E-state index in [0.29, 0.717) is 13.1 Å². The molecule has 4 aromatic carbocycles. The van der Waals surface area contributed by atoms with E-state index in [2.05, 4.69) is 29.6 Å². The van der Waals surface area contributed by atoms with E-state index in [0.717, 1.165) is 17.5 Å². The van der Waals surface area contributed by atoms with Gasteiger partial charge in [0.1, 0.15) is 0 Å². The number of carbonyl (C=O) groups excluding carboxylic acids is 1. The predicted octanol–water partition coefficient (Wildman–Crippen LogP) is 5.54. The third kappa shape index (κ3) is 7.89. The first-order chi connectivity index (χ1) is 18.6. The monoisotopic (exact) mass is 506 g/mol. The number of benzene rings is 4. The Balaban J connectivity index is 1.42. The van der Waals surface area contributed by atoms with E-state index < -0.39 is 5.97 Å². The molecule has 0 aliphatic carbocycles. The molecular formula is C33H34N2O3. The topological polar surface area (TPSA) is 69.6 Å². The summed E-state index contributed by atoms with van der Waals surface area (Å²) in [6.07, 6.45) is 0.745. The first-order valence-corrected chi connectivity index (χ1v) is 13.0. The molecule has 5 nitrogen and oxygen atoms in total. The number of hydrogen-bond acceptors (Lipinski definition) is 3. The van der Waals surface area contributed by atoms with Crippen molar-refractivity contribution in [2.24, 2.45) is 0 Å². The number of carbonyl (C=O) groups is 2. The van der Waals surface area contributed by atoms with Gasteiger partial charge in [-0.25, -0.2) is 0 Å². The first-order valence-electron chi connectivity index (χ1n) is 13.0. The zero-order valence-electron chi connectivity index (χ0n) is 21.4. The molecule has 5 heteroatoms. The molecule has 0 saturated heterocycles. The minimum Gasteiger partial charge on any atom is -0.480 e. The highest BCUT2D eigenvalue weighted by Gasteiger charge is 2.22. The van der Waals surface area contributed by atoms with Crippen molar-refractivity contribution in [2.45, 2.75) is 18.3 Å². The summed E-state index contributed by atoms with van der Waals surface area (Å²) in [6.45, 7) is 0.726. The Morgan fingerprint density at radius 3 is 1.39 bits per heavy atom. The molecule has 4 aromatic rings. The van der Waals surface area contributed by atoms with Crippen LogP contribution >= 0.6 is 0 Å². The van der Waals surface area contributed by atoms with Crippen molar-refractivity contribution >= 4 is 11.9 Å². The maximum absolute atomic E-state index is 13.0. The SMILES string of the molecule is O=C(O)CN(CC(=O)NCCC(c1ccccc1)c1ccccc1)CC(c1ccccc1)c1ccccc1. The molecule has 0 bridgehead atoms. The zero-order chi connectivity index (χ0) is 26.6. The van der Waals surface area contributed by atoms with Crippen molar-refractivity contribution in [2.75, 3.05) is 26.2 Å². The summed E-state index contributed by atoms with van der Waals surface area (Å²) >= 11 is 0. The van der Waals surface area contributed by atoms with Crippen molar-refractivity contribution < 1.29 is 14.7 Å².